The minimum absolute atomic E-state index is 0.0828. The van der Waals surface area contributed by atoms with Crippen LogP contribution in [0.3, 0.4) is 0 Å². The zero-order chi connectivity index (χ0) is 18.3. The first kappa shape index (κ1) is 17.0. The summed E-state index contributed by atoms with van der Waals surface area (Å²) in [7, 11) is 0. The Morgan fingerprint density at radius 2 is 2.00 bits per heavy atom. The minimum Gasteiger partial charge on any atom is -0.358 e. The molecule has 3 aromatic rings. The summed E-state index contributed by atoms with van der Waals surface area (Å²) in [5, 5.41) is 2.51. The molecule has 1 aromatic carbocycles. The number of nitrogens with zero attached hydrogens (tertiary/aromatic N) is 4. The Balaban J connectivity index is 1.76. The first-order chi connectivity index (χ1) is 12.5. The normalized spacial score (nSPS) is 17.6. The number of nitrogens with one attached hydrogen (secondary N) is 1. The van der Waals surface area contributed by atoms with Crippen LogP contribution in [0.25, 0.3) is 11.2 Å². The zero-order valence-electron chi connectivity index (χ0n) is 13.3. The third-order valence-corrected chi connectivity index (χ3v) is 4.32. The molecule has 10 heteroatoms. The highest BCUT2D eigenvalue weighted by Crippen LogP contribution is 2.30. The van der Waals surface area contributed by atoms with Crippen molar-refractivity contribution in [3.8, 4) is 0 Å². The van der Waals surface area contributed by atoms with Crippen molar-refractivity contribution in [2.75, 3.05) is 11.9 Å². The Morgan fingerprint density at radius 1 is 1.15 bits per heavy atom. The number of benzene rings is 1. The van der Waals surface area contributed by atoms with Crippen molar-refractivity contribution in [3.63, 3.8) is 0 Å². The topological polar surface area (TPSA) is 64.9 Å². The van der Waals surface area contributed by atoms with Crippen molar-refractivity contribution in [2.24, 2.45) is 0 Å². The van der Waals surface area contributed by atoms with Crippen LogP contribution in [0.1, 0.15) is 25.5 Å². The van der Waals surface area contributed by atoms with Gasteiger partial charge >= 0.3 is 0 Å². The third-order valence-electron chi connectivity index (χ3n) is 4.15. The summed E-state index contributed by atoms with van der Waals surface area (Å²) < 4.78 is 48.0. The standard InChI is InChI=1S/C16H13ClF3N5O/c17-16-23-14(22-9-5-4-8(18)11(19)12(9)20)13-15(24-16)25(7-21-13)10-3-1-2-6-26-10/h4-5,7,10H,1-3,6H2,(H,22,23,24). The molecule has 26 heavy (non-hydrogen) atoms. The fourth-order valence-corrected chi connectivity index (χ4v) is 3.05. The van der Waals surface area contributed by atoms with Gasteiger partial charge in [0, 0.05) is 6.61 Å². The Kier molecular flexibility index (Phi) is 4.41. The van der Waals surface area contributed by atoms with E-state index < -0.39 is 17.5 Å². The number of anilines is 2. The third kappa shape index (κ3) is 2.97. The maximum absolute atomic E-state index is 13.9. The molecule has 0 aliphatic carbocycles. The Bertz CT molecular complexity index is 974. The minimum atomic E-state index is -1.58. The summed E-state index contributed by atoms with van der Waals surface area (Å²) in [6.45, 7) is 0.633. The lowest BCUT2D eigenvalue weighted by atomic mass is 10.2. The summed E-state index contributed by atoms with van der Waals surface area (Å²) in [5.41, 5.74) is 0.429. The molecule has 1 aliphatic rings. The molecule has 1 atom stereocenters. The van der Waals surface area contributed by atoms with Crippen molar-refractivity contribution < 1.29 is 17.9 Å². The van der Waals surface area contributed by atoms with Crippen LogP contribution >= 0.6 is 11.6 Å². The quantitative estimate of drug-likeness (QED) is 0.538. The second-order valence-corrected chi connectivity index (χ2v) is 6.17. The summed E-state index contributed by atoms with van der Waals surface area (Å²) in [5.74, 6) is -4.13. The van der Waals surface area contributed by atoms with E-state index in [1.165, 1.54) is 0 Å². The van der Waals surface area contributed by atoms with Gasteiger partial charge in [0.1, 0.15) is 6.23 Å². The van der Waals surface area contributed by atoms with Gasteiger partial charge in [-0.1, -0.05) is 0 Å². The molecule has 0 saturated carbocycles. The highest BCUT2D eigenvalue weighted by atomic mass is 35.5. The van der Waals surface area contributed by atoms with E-state index in [2.05, 4.69) is 20.3 Å². The largest absolute Gasteiger partial charge is 0.358 e. The van der Waals surface area contributed by atoms with Gasteiger partial charge in [0.05, 0.1) is 12.0 Å². The predicted octanol–water partition coefficient (Wildman–Crippen LogP) is 4.34. The van der Waals surface area contributed by atoms with E-state index in [-0.39, 0.29) is 23.0 Å². The van der Waals surface area contributed by atoms with Crippen LogP contribution in [0.5, 0.6) is 0 Å². The summed E-state index contributed by atoms with van der Waals surface area (Å²) in [6.07, 6.45) is 4.11. The van der Waals surface area contributed by atoms with Crippen molar-refractivity contribution >= 4 is 34.3 Å². The van der Waals surface area contributed by atoms with Crippen LogP contribution in [0, 0.1) is 17.5 Å². The van der Waals surface area contributed by atoms with Crippen LogP contribution in [-0.4, -0.2) is 26.1 Å². The summed E-state index contributed by atoms with van der Waals surface area (Å²) in [6, 6.07) is 1.88. The molecule has 2 aromatic heterocycles. The predicted molar refractivity (Wildman–Crippen MR) is 88.8 cm³/mol. The van der Waals surface area contributed by atoms with Gasteiger partial charge in [-0.25, -0.2) is 18.2 Å². The fraction of sp³-hybridized carbons (Fsp3) is 0.312. The van der Waals surface area contributed by atoms with Gasteiger partial charge in [-0.2, -0.15) is 9.97 Å². The highest BCUT2D eigenvalue weighted by molar-refractivity contribution is 6.28. The average Bonchev–Trinajstić information content (AvgIpc) is 3.07. The second kappa shape index (κ2) is 6.73. The number of halogens is 4. The van der Waals surface area contributed by atoms with Gasteiger partial charge in [-0.05, 0) is 43.0 Å². The molecule has 0 radical (unpaired) electrons. The molecule has 0 spiro atoms. The van der Waals surface area contributed by atoms with Gasteiger partial charge in [-0.3, -0.25) is 4.57 Å². The second-order valence-electron chi connectivity index (χ2n) is 5.83. The lowest BCUT2D eigenvalue weighted by Gasteiger charge is -2.23. The SMILES string of the molecule is Fc1ccc(Nc2nc(Cl)nc3c2ncn3C2CCCCO2)c(F)c1F. The van der Waals surface area contributed by atoms with Gasteiger partial charge in [0.25, 0.3) is 0 Å². The number of hydrogen-bond donors (Lipinski definition) is 1. The van der Waals surface area contributed by atoms with Crippen LogP contribution in [0.4, 0.5) is 24.7 Å². The van der Waals surface area contributed by atoms with Crippen molar-refractivity contribution in [1.82, 2.24) is 19.5 Å². The van der Waals surface area contributed by atoms with E-state index in [1.54, 1.807) is 10.9 Å². The Hall–Kier alpha value is -2.39. The van der Waals surface area contributed by atoms with E-state index >= 15 is 0 Å². The fourth-order valence-electron chi connectivity index (χ4n) is 2.88. The molecule has 1 saturated heterocycles. The highest BCUT2D eigenvalue weighted by Gasteiger charge is 2.22. The lowest BCUT2D eigenvalue weighted by molar-refractivity contribution is -0.0298. The van der Waals surface area contributed by atoms with E-state index in [4.69, 9.17) is 16.3 Å². The van der Waals surface area contributed by atoms with Crippen molar-refractivity contribution in [1.29, 1.82) is 0 Å². The van der Waals surface area contributed by atoms with Crippen LogP contribution in [-0.2, 0) is 4.74 Å². The van der Waals surface area contributed by atoms with Crippen molar-refractivity contribution in [2.45, 2.75) is 25.5 Å². The smallest absolute Gasteiger partial charge is 0.226 e. The van der Waals surface area contributed by atoms with Crippen LogP contribution in [0.15, 0.2) is 18.5 Å². The Morgan fingerprint density at radius 3 is 2.77 bits per heavy atom. The zero-order valence-corrected chi connectivity index (χ0v) is 14.1. The molecule has 1 fully saturated rings. The molecule has 0 amide bonds. The first-order valence-electron chi connectivity index (χ1n) is 7.97. The number of fused-ring (bicyclic) bond motifs is 1. The van der Waals surface area contributed by atoms with Crippen molar-refractivity contribution in [3.05, 3.63) is 41.2 Å². The molecular weight excluding hydrogens is 371 g/mol. The average molecular weight is 384 g/mol. The molecule has 1 unspecified atom stereocenters. The van der Waals surface area contributed by atoms with Gasteiger partial charge < -0.3 is 10.1 Å². The van der Waals surface area contributed by atoms with Crippen LogP contribution < -0.4 is 5.32 Å². The molecule has 1 aliphatic heterocycles. The molecule has 136 valence electrons. The molecule has 1 N–H and O–H groups in total. The Labute approximate surface area is 151 Å². The molecule has 6 nitrogen and oxygen atoms in total. The number of ether oxygens (including phenoxy) is 1. The molecular formula is C16H13ClF3N5O. The maximum atomic E-state index is 13.9. The summed E-state index contributed by atoms with van der Waals surface area (Å²) in [4.78, 5) is 12.4. The van der Waals surface area contributed by atoms with E-state index in [9.17, 15) is 13.2 Å². The van der Waals surface area contributed by atoms with Gasteiger partial charge in [-0.15, -0.1) is 0 Å². The van der Waals surface area contributed by atoms with Gasteiger partial charge in [0.15, 0.2) is 34.4 Å². The van der Waals surface area contributed by atoms with Gasteiger partial charge in [0.2, 0.25) is 5.28 Å². The number of aromatic nitrogens is 4. The van der Waals surface area contributed by atoms with Crippen LogP contribution in [0.2, 0.25) is 5.28 Å². The molecule has 3 heterocycles. The monoisotopic (exact) mass is 383 g/mol. The molecule has 0 bridgehead atoms. The van der Waals surface area contributed by atoms with E-state index in [0.717, 1.165) is 31.4 Å². The van der Waals surface area contributed by atoms with E-state index in [0.29, 0.717) is 17.8 Å². The first-order valence-corrected chi connectivity index (χ1v) is 8.34. The number of imidazole rings is 1. The lowest BCUT2D eigenvalue weighted by Crippen LogP contribution is -2.17. The maximum Gasteiger partial charge on any atom is 0.226 e. The molecule has 4 rings (SSSR count). The van der Waals surface area contributed by atoms with E-state index in [1.807, 2.05) is 0 Å². The number of rotatable bonds is 3. The number of hydrogen-bond acceptors (Lipinski definition) is 5. The summed E-state index contributed by atoms with van der Waals surface area (Å²) >= 11 is 5.98.